The minimum Gasteiger partial charge on any atom is -0.313 e. The molecule has 13 heavy (non-hydrogen) atoms. The van der Waals surface area contributed by atoms with Gasteiger partial charge in [0.2, 0.25) is 0 Å². The Hall–Kier alpha value is -0.260. The molecule has 1 atom stereocenters. The highest BCUT2D eigenvalue weighted by molar-refractivity contribution is 5.85. The lowest BCUT2D eigenvalue weighted by Crippen LogP contribution is -2.26. The van der Waals surface area contributed by atoms with E-state index >= 15 is 0 Å². The molecule has 0 saturated carbocycles. The molecular weight excluding hydrogens is 184 g/mol. The lowest BCUT2D eigenvalue weighted by Gasteiger charge is -2.11. The Kier molecular flexibility index (Phi) is 13.7. The molecule has 0 heterocycles. The molecule has 0 saturated heterocycles. The number of nitrogens with one attached hydrogen (secondary N) is 1. The van der Waals surface area contributed by atoms with E-state index in [1.54, 1.807) is 0 Å². The van der Waals surface area contributed by atoms with Crippen molar-refractivity contribution in [3.05, 3.63) is 0 Å². The lowest BCUT2D eigenvalue weighted by molar-refractivity contribution is 0.493. The zero-order valence-corrected chi connectivity index (χ0v) is 9.49. The van der Waals surface area contributed by atoms with Gasteiger partial charge in [-0.2, -0.15) is 5.26 Å². The Morgan fingerprint density at radius 3 is 2.62 bits per heavy atom. The summed E-state index contributed by atoms with van der Waals surface area (Å²) in [5, 5.41) is 11.6. The third-order valence-corrected chi connectivity index (χ3v) is 1.97. The van der Waals surface area contributed by atoms with Crippen LogP contribution in [0, 0.1) is 11.3 Å². The molecule has 2 nitrogen and oxygen atoms in total. The first-order valence-corrected chi connectivity index (χ1v) is 4.91. The van der Waals surface area contributed by atoms with Gasteiger partial charge in [0.25, 0.3) is 0 Å². The van der Waals surface area contributed by atoms with Gasteiger partial charge in [-0.25, -0.2) is 0 Å². The first kappa shape index (κ1) is 15.2. The molecule has 1 N–H and O–H groups in total. The average molecular weight is 205 g/mol. The number of rotatable bonds is 7. The average Bonchev–Trinajstić information content (AvgIpc) is 2.06. The molecule has 0 fully saturated rings. The van der Waals surface area contributed by atoms with Crippen molar-refractivity contribution in [2.75, 3.05) is 6.54 Å². The minimum absolute atomic E-state index is 0. The summed E-state index contributed by atoms with van der Waals surface area (Å²) in [7, 11) is 0. The summed E-state index contributed by atoms with van der Waals surface area (Å²) in [4.78, 5) is 0. The molecule has 0 radical (unpaired) electrons. The molecule has 0 aromatic carbocycles. The molecule has 0 bridgehead atoms. The number of halogens is 1. The van der Waals surface area contributed by atoms with Gasteiger partial charge in [0, 0.05) is 19.0 Å². The summed E-state index contributed by atoms with van der Waals surface area (Å²) < 4.78 is 0. The van der Waals surface area contributed by atoms with Crippen LogP contribution in [0.5, 0.6) is 0 Å². The fourth-order valence-corrected chi connectivity index (χ4v) is 1.18. The highest BCUT2D eigenvalue weighted by Gasteiger charge is 1.98. The second-order valence-corrected chi connectivity index (χ2v) is 3.26. The van der Waals surface area contributed by atoms with E-state index in [0.717, 1.165) is 6.54 Å². The van der Waals surface area contributed by atoms with Crippen LogP contribution in [0.15, 0.2) is 0 Å². The smallest absolute Gasteiger partial charge is 0.0635 e. The molecule has 0 rings (SSSR count). The third-order valence-electron chi connectivity index (χ3n) is 1.97. The van der Waals surface area contributed by atoms with Gasteiger partial charge in [-0.3, -0.25) is 0 Å². The van der Waals surface area contributed by atoms with Crippen LogP contribution in [0.3, 0.4) is 0 Å². The lowest BCUT2D eigenvalue weighted by atomic mass is 10.1. The van der Waals surface area contributed by atoms with Crippen molar-refractivity contribution < 1.29 is 0 Å². The fraction of sp³-hybridized carbons (Fsp3) is 0.900. The van der Waals surface area contributed by atoms with Crippen LogP contribution in [-0.2, 0) is 0 Å². The molecule has 0 amide bonds. The van der Waals surface area contributed by atoms with Crippen molar-refractivity contribution in [1.29, 1.82) is 5.26 Å². The Morgan fingerprint density at radius 2 is 2.08 bits per heavy atom. The van der Waals surface area contributed by atoms with Crippen LogP contribution in [0.25, 0.3) is 0 Å². The van der Waals surface area contributed by atoms with Crippen molar-refractivity contribution in [1.82, 2.24) is 5.32 Å². The number of nitriles is 1. The first-order chi connectivity index (χ1) is 5.81. The SMILES string of the molecule is CCCCC[C@@H](C)NCCC#N.Cl. The third kappa shape index (κ3) is 11.7. The van der Waals surface area contributed by atoms with Gasteiger partial charge in [-0.05, 0) is 13.3 Å². The van der Waals surface area contributed by atoms with E-state index < -0.39 is 0 Å². The van der Waals surface area contributed by atoms with Gasteiger partial charge in [-0.1, -0.05) is 26.2 Å². The van der Waals surface area contributed by atoms with Gasteiger partial charge in [0.15, 0.2) is 0 Å². The van der Waals surface area contributed by atoms with Gasteiger partial charge in [0.1, 0.15) is 0 Å². The zero-order valence-electron chi connectivity index (χ0n) is 8.68. The van der Waals surface area contributed by atoms with Gasteiger partial charge >= 0.3 is 0 Å². The van der Waals surface area contributed by atoms with Gasteiger partial charge in [0.05, 0.1) is 6.07 Å². The molecule has 78 valence electrons. The van der Waals surface area contributed by atoms with Crippen LogP contribution < -0.4 is 5.32 Å². The molecule has 0 unspecified atom stereocenters. The van der Waals surface area contributed by atoms with Crippen molar-refractivity contribution >= 4 is 12.4 Å². The van der Waals surface area contributed by atoms with Gasteiger partial charge < -0.3 is 5.32 Å². The van der Waals surface area contributed by atoms with Crippen molar-refractivity contribution in [3.63, 3.8) is 0 Å². The maximum atomic E-state index is 8.30. The number of nitrogens with zero attached hydrogens (tertiary/aromatic N) is 1. The molecule has 0 aliphatic carbocycles. The Balaban J connectivity index is 0. The predicted molar refractivity (Wildman–Crippen MR) is 59.1 cm³/mol. The van der Waals surface area contributed by atoms with E-state index in [1.807, 2.05) is 0 Å². The van der Waals surface area contributed by atoms with E-state index in [4.69, 9.17) is 5.26 Å². The summed E-state index contributed by atoms with van der Waals surface area (Å²) in [6.45, 7) is 5.24. The zero-order chi connectivity index (χ0) is 9.23. The minimum atomic E-state index is 0. The number of unbranched alkanes of at least 4 members (excludes halogenated alkanes) is 2. The standard InChI is InChI=1S/C10H20N2.ClH/c1-3-4-5-7-10(2)12-9-6-8-11;/h10,12H,3-7,9H2,1-2H3;1H/t10-;/m1./s1. The summed E-state index contributed by atoms with van der Waals surface area (Å²) in [6, 6.07) is 2.70. The maximum Gasteiger partial charge on any atom is 0.0635 e. The monoisotopic (exact) mass is 204 g/mol. The number of hydrogen-bond acceptors (Lipinski definition) is 2. The number of hydrogen-bond donors (Lipinski definition) is 1. The highest BCUT2D eigenvalue weighted by atomic mass is 35.5. The Morgan fingerprint density at radius 1 is 1.38 bits per heavy atom. The maximum absolute atomic E-state index is 8.30. The fourth-order valence-electron chi connectivity index (χ4n) is 1.18. The van der Waals surface area contributed by atoms with Crippen LogP contribution in [0.2, 0.25) is 0 Å². The van der Waals surface area contributed by atoms with E-state index in [9.17, 15) is 0 Å². The normalized spacial score (nSPS) is 11.5. The quantitative estimate of drug-likeness (QED) is 0.648. The van der Waals surface area contributed by atoms with Crippen molar-refractivity contribution in [3.8, 4) is 6.07 Å². The molecule has 0 aromatic rings. The topological polar surface area (TPSA) is 35.8 Å². The molecular formula is C10H21ClN2. The highest BCUT2D eigenvalue weighted by Crippen LogP contribution is 2.02. The van der Waals surface area contributed by atoms with Crippen molar-refractivity contribution in [2.24, 2.45) is 0 Å². The second-order valence-electron chi connectivity index (χ2n) is 3.26. The largest absolute Gasteiger partial charge is 0.313 e. The summed E-state index contributed by atoms with van der Waals surface area (Å²) in [5.74, 6) is 0. The van der Waals surface area contributed by atoms with Crippen LogP contribution in [-0.4, -0.2) is 12.6 Å². The predicted octanol–water partition coefficient (Wildman–Crippen LogP) is 2.88. The van der Waals surface area contributed by atoms with Crippen LogP contribution in [0.1, 0.15) is 46.0 Å². The van der Waals surface area contributed by atoms with E-state index in [0.29, 0.717) is 12.5 Å². The second kappa shape index (κ2) is 11.7. The Labute approximate surface area is 88.1 Å². The summed E-state index contributed by atoms with van der Waals surface area (Å²) in [6.07, 6.45) is 5.77. The molecule has 0 aromatic heterocycles. The van der Waals surface area contributed by atoms with Crippen LogP contribution >= 0.6 is 12.4 Å². The van der Waals surface area contributed by atoms with E-state index in [-0.39, 0.29) is 12.4 Å². The molecule has 3 heteroatoms. The Bertz CT molecular complexity index is 131. The van der Waals surface area contributed by atoms with Gasteiger partial charge in [-0.15, -0.1) is 12.4 Å². The first-order valence-electron chi connectivity index (χ1n) is 4.91. The van der Waals surface area contributed by atoms with Crippen molar-refractivity contribution in [2.45, 2.75) is 52.0 Å². The van der Waals surface area contributed by atoms with E-state index in [1.165, 1.54) is 25.7 Å². The summed E-state index contributed by atoms with van der Waals surface area (Å²) >= 11 is 0. The molecule has 0 spiro atoms. The molecule has 0 aliphatic heterocycles. The van der Waals surface area contributed by atoms with E-state index in [2.05, 4.69) is 25.2 Å². The van der Waals surface area contributed by atoms with Crippen LogP contribution in [0.4, 0.5) is 0 Å². The summed E-state index contributed by atoms with van der Waals surface area (Å²) in [5.41, 5.74) is 0. The molecule has 0 aliphatic rings.